The second-order valence-electron chi connectivity index (χ2n) is 4.30. The Morgan fingerprint density at radius 1 is 1.22 bits per heavy atom. The van der Waals surface area contributed by atoms with Gasteiger partial charge in [-0.05, 0) is 31.9 Å². The molecule has 0 saturated heterocycles. The fourth-order valence-corrected chi connectivity index (χ4v) is 1.77. The largest absolute Gasteiger partial charge is 0.480 e. The van der Waals surface area contributed by atoms with E-state index in [1.807, 2.05) is 6.07 Å². The predicted molar refractivity (Wildman–Crippen MR) is 66.5 cm³/mol. The van der Waals surface area contributed by atoms with Crippen molar-refractivity contribution in [3.05, 3.63) is 34.9 Å². The molecule has 0 aliphatic carbocycles. The Kier molecular flexibility index (Phi) is 4.44. The molecule has 18 heavy (non-hydrogen) atoms. The molecule has 98 valence electrons. The molecule has 0 aliphatic rings. The first-order valence-corrected chi connectivity index (χ1v) is 5.62. The number of benzene rings is 1. The lowest BCUT2D eigenvalue weighted by Gasteiger charge is -2.18. The molecule has 0 bridgehead atoms. The molecule has 5 nitrogen and oxygen atoms in total. The number of carboxylic acids is 1. The SMILES string of the molecule is Cc1cccc(C)c1C(=O)NC(C(=O)O)C(C)O. The summed E-state index contributed by atoms with van der Waals surface area (Å²) in [6, 6.07) is 4.07. The van der Waals surface area contributed by atoms with E-state index < -0.39 is 24.0 Å². The number of hydrogen-bond acceptors (Lipinski definition) is 3. The molecule has 2 unspecified atom stereocenters. The fraction of sp³-hybridized carbons (Fsp3) is 0.385. The highest BCUT2D eigenvalue weighted by Crippen LogP contribution is 2.13. The third kappa shape index (κ3) is 3.07. The van der Waals surface area contributed by atoms with Crippen LogP contribution in [0.15, 0.2) is 18.2 Å². The van der Waals surface area contributed by atoms with Crippen LogP contribution in [0.5, 0.6) is 0 Å². The minimum absolute atomic E-state index is 0.449. The average molecular weight is 251 g/mol. The maximum Gasteiger partial charge on any atom is 0.328 e. The van der Waals surface area contributed by atoms with Crippen LogP contribution in [0, 0.1) is 13.8 Å². The molecule has 0 aliphatic heterocycles. The summed E-state index contributed by atoms with van der Waals surface area (Å²) in [5, 5.41) is 20.6. The lowest BCUT2D eigenvalue weighted by atomic mass is 10.0. The number of carbonyl (C=O) groups is 2. The van der Waals surface area contributed by atoms with Crippen molar-refractivity contribution in [1.29, 1.82) is 0 Å². The Morgan fingerprint density at radius 2 is 1.72 bits per heavy atom. The number of amides is 1. The molecule has 0 fully saturated rings. The number of rotatable bonds is 4. The van der Waals surface area contributed by atoms with Gasteiger partial charge in [-0.25, -0.2) is 4.79 Å². The highest BCUT2D eigenvalue weighted by Gasteiger charge is 2.26. The molecule has 1 amide bonds. The topological polar surface area (TPSA) is 86.6 Å². The quantitative estimate of drug-likeness (QED) is 0.741. The number of carboxylic acid groups (broad SMARTS) is 1. The summed E-state index contributed by atoms with van der Waals surface area (Å²) < 4.78 is 0. The standard InChI is InChI=1S/C13H17NO4/c1-7-5-4-6-8(2)10(7)12(16)14-11(9(3)15)13(17)18/h4-6,9,11,15H,1-3H3,(H,14,16)(H,17,18). The van der Waals surface area contributed by atoms with Crippen molar-refractivity contribution < 1.29 is 19.8 Å². The second-order valence-corrected chi connectivity index (χ2v) is 4.30. The van der Waals surface area contributed by atoms with Crippen LogP contribution in [0.2, 0.25) is 0 Å². The smallest absolute Gasteiger partial charge is 0.328 e. The molecule has 2 atom stereocenters. The summed E-state index contributed by atoms with van der Waals surface area (Å²) in [7, 11) is 0. The maximum absolute atomic E-state index is 12.0. The van der Waals surface area contributed by atoms with Crippen LogP contribution in [-0.4, -0.2) is 34.2 Å². The Hall–Kier alpha value is -1.88. The first-order chi connectivity index (χ1) is 8.34. The predicted octanol–water partition coefficient (Wildman–Crippen LogP) is 0.867. The van der Waals surface area contributed by atoms with Gasteiger partial charge < -0.3 is 15.5 Å². The van der Waals surface area contributed by atoms with Gasteiger partial charge in [0.2, 0.25) is 0 Å². The second kappa shape index (κ2) is 5.64. The van der Waals surface area contributed by atoms with Crippen LogP contribution < -0.4 is 5.32 Å². The molecule has 5 heteroatoms. The van der Waals surface area contributed by atoms with Crippen LogP contribution in [0.1, 0.15) is 28.4 Å². The van der Waals surface area contributed by atoms with Gasteiger partial charge in [0.05, 0.1) is 6.10 Å². The van der Waals surface area contributed by atoms with Gasteiger partial charge in [-0.2, -0.15) is 0 Å². The first-order valence-electron chi connectivity index (χ1n) is 5.62. The zero-order chi connectivity index (χ0) is 13.9. The van der Waals surface area contributed by atoms with Crippen molar-refractivity contribution in [2.45, 2.75) is 32.9 Å². The van der Waals surface area contributed by atoms with Gasteiger partial charge in [-0.3, -0.25) is 4.79 Å². The van der Waals surface area contributed by atoms with Gasteiger partial charge in [-0.15, -0.1) is 0 Å². The van der Waals surface area contributed by atoms with Gasteiger partial charge >= 0.3 is 5.97 Å². The van der Waals surface area contributed by atoms with Crippen LogP contribution in [-0.2, 0) is 4.79 Å². The molecule has 0 spiro atoms. The minimum Gasteiger partial charge on any atom is -0.480 e. The van der Waals surface area contributed by atoms with E-state index in [1.165, 1.54) is 6.92 Å². The maximum atomic E-state index is 12.0. The number of carbonyl (C=O) groups excluding carboxylic acids is 1. The van der Waals surface area contributed by atoms with Crippen LogP contribution in [0.4, 0.5) is 0 Å². The normalized spacial score (nSPS) is 13.8. The molecule has 1 rings (SSSR count). The van der Waals surface area contributed by atoms with Crippen molar-refractivity contribution in [1.82, 2.24) is 5.32 Å². The van der Waals surface area contributed by atoms with E-state index in [0.717, 1.165) is 11.1 Å². The molecular weight excluding hydrogens is 234 g/mol. The third-order valence-corrected chi connectivity index (χ3v) is 2.74. The van der Waals surface area contributed by atoms with Crippen molar-refractivity contribution in [2.75, 3.05) is 0 Å². The summed E-state index contributed by atoms with van der Waals surface area (Å²) >= 11 is 0. The lowest BCUT2D eigenvalue weighted by molar-refractivity contribution is -0.141. The van der Waals surface area contributed by atoms with Crippen LogP contribution in [0.25, 0.3) is 0 Å². The van der Waals surface area contributed by atoms with E-state index in [2.05, 4.69) is 5.32 Å². The summed E-state index contributed by atoms with van der Waals surface area (Å²) in [5.41, 5.74) is 1.98. The summed E-state index contributed by atoms with van der Waals surface area (Å²) in [5.74, 6) is -1.75. The number of aliphatic hydroxyl groups is 1. The molecule has 0 aromatic heterocycles. The Balaban J connectivity index is 2.98. The summed E-state index contributed by atoms with van der Waals surface area (Å²) in [6.45, 7) is 4.88. The number of aryl methyl sites for hydroxylation is 2. The number of nitrogens with one attached hydrogen (secondary N) is 1. The Morgan fingerprint density at radius 3 is 2.11 bits per heavy atom. The zero-order valence-electron chi connectivity index (χ0n) is 10.6. The number of aliphatic carboxylic acids is 1. The van der Waals surface area contributed by atoms with Crippen molar-refractivity contribution >= 4 is 11.9 Å². The van der Waals surface area contributed by atoms with E-state index in [-0.39, 0.29) is 0 Å². The number of aliphatic hydroxyl groups excluding tert-OH is 1. The molecule has 0 saturated carbocycles. The highest BCUT2D eigenvalue weighted by atomic mass is 16.4. The molecule has 1 aromatic carbocycles. The Labute approximate surface area is 105 Å². The Bertz CT molecular complexity index is 448. The van der Waals surface area contributed by atoms with Crippen LogP contribution >= 0.6 is 0 Å². The minimum atomic E-state index is -1.31. The molecule has 1 aromatic rings. The van der Waals surface area contributed by atoms with E-state index >= 15 is 0 Å². The van der Waals surface area contributed by atoms with Crippen molar-refractivity contribution in [2.24, 2.45) is 0 Å². The summed E-state index contributed by atoms with van der Waals surface area (Å²) in [6.07, 6.45) is -1.16. The van der Waals surface area contributed by atoms with Gasteiger partial charge in [0.25, 0.3) is 5.91 Å². The van der Waals surface area contributed by atoms with Gasteiger partial charge in [0, 0.05) is 5.56 Å². The molecule has 0 heterocycles. The fourth-order valence-electron chi connectivity index (χ4n) is 1.77. The van der Waals surface area contributed by atoms with Gasteiger partial charge in [-0.1, -0.05) is 18.2 Å². The molecule has 3 N–H and O–H groups in total. The van der Waals surface area contributed by atoms with Gasteiger partial charge in [0.15, 0.2) is 6.04 Å². The monoisotopic (exact) mass is 251 g/mol. The molecule has 0 radical (unpaired) electrons. The van der Waals surface area contributed by atoms with Crippen molar-refractivity contribution in [3.63, 3.8) is 0 Å². The zero-order valence-corrected chi connectivity index (χ0v) is 10.6. The third-order valence-electron chi connectivity index (χ3n) is 2.74. The van der Waals surface area contributed by atoms with Crippen LogP contribution in [0.3, 0.4) is 0 Å². The molecular formula is C13H17NO4. The van der Waals surface area contributed by atoms with Crippen molar-refractivity contribution in [3.8, 4) is 0 Å². The van der Waals surface area contributed by atoms with E-state index in [1.54, 1.807) is 26.0 Å². The average Bonchev–Trinajstić information content (AvgIpc) is 2.24. The lowest BCUT2D eigenvalue weighted by Crippen LogP contribution is -2.47. The van der Waals surface area contributed by atoms with E-state index in [9.17, 15) is 14.7 Å². The van der Waals surface area contributed by atoms with E-state index in [0.29, 0.717) is 5.56 Å². The van der Waals surface area contributed by atoms with Gasteiger partial charge in [0.1, 0.15) is 0 Å². The first kappa shape index (κ1) is 14.2. The van der Waals surface area contributed by atoms with E-state index in [4.69, 9.17) is 5.11 Å². The number of hydrogen-bond donors (Lipinski definition) is 3. The highest BCUT2D eigenvalue weighted by molar-refractivity contribution is 5.99. The summed E-state index contributed by atoms with van der Waals surface area (Å²) in [4.78, 5) is 22.9.